The maximum atomic E-state index is 13.0. The number of ketones is 1. The first kappa shape index (κ1) is 11.5. The Bertz CT molecular complexity index is 375. The second-order valence-electron chi connectivity index (χ2n) is 3.27. The summed E-state index contributed by atoms with van der Waals surface area (Å²) in [6.07, 6.45) is 0. The van der Waals surface area contributed by atoms with Gasteiger partial charge in [-0.3, -0.25) is 4.79 Å². The standard InChI is InChI=1S/C10H9Cl2FO/c1-5(2)10(14)6-3-9(13)8(12)4-7(6)11/h3-5H,1-2H3. The number of carbonyl (C=O) groups is 1. The van der Waals surface area contributed by atoms with Crippen molar-refractivity contribution >= 4 is 29.0 Å². The van der Waals surface area contributed by atoms with Gasteiger partial charge in [0, 0.05) is 11.5 Å². The second kappa shape index (κ2) is 4.28. The van der Waals surface area contributed by atoms with Crippen LogP contribution in [0, 0.1) is 11.7 Å². The van der Waals surface area contributed by atoms with Crippen molar-refractivity contribution in [2.45, 2.75) is 13.8 Å². The molecule has 0 aliphatic carbocycles. The molecule has 0 atom stereocenters. The lowest BCUT2D eigenvalue weighted by Gasteiger charge is -2.07. The molecule has 1 nitrogen and oxygen atoms in total. The summed E-state index contributed by atoms with van der Waals surface area (Å²) in [5.41, 5.74) is 0.184. The van der Waals surface area contributed by atoms with E-state index in [1.54, 1.807) is 13.8 Å². The molecule has 0 N–H and O–H groups in total. The minimum Gasteiger partial charge on any atom is -0.294 e. The van der Waals surface area contributed by atoms with Crippen molar-refractivity contribution in [2.24, 2.45) is 5.92 Å². The van der Waals surface area contributed by atoms with Gasteiger partial charge in [-0.2, -0.15) is 0 Å². The molecular formula is C10H9Cl2FO. The molecule has 14 heavy (non-hydrogen) atoms. The molecule has 0 bridgehead atoms. The number of Topliss-reactive ketones (excluding diaryl/α,β-unsaturated/α-hetero) is 1. The van der Waals surface area contributed by atoms with Crippen LogP contribution in [-0.2, 0) is 0 Å². The van der Waals surface area contributed by atoms with E-state index in [-0.39, 0.29) is 27.3 Å². The predicted octanol–water partition coefficient (Wildman–Crippen LogP) is 3.97. The highest BCUT2D eigenvalue weighted by Crippen LogP contribution is 2.26. The molecule has 0 aromatic heterocycles. The third kappa shape index (κ3) is 2.25. The van der Waals surface area contributed by atoms with Crippen LogP contribution in [-0.4, -0.2) is 5.78 Å². The number of halogens is 3. The zero-order valence-corrected chi connectivity index (χ0v) is 9.29. The van der Waals surface area contributed by atoms with Crippen LogP contribution in [0.25, 0.3) is 0 Å². The Morgan fingerprint density at radius 3 is 2.36 bits per heavy atom. The van der Waals surface area contributed by atoms with Crippen molar-refractivity contribution in [1.29, 1.82) is 0 Å². The van der Waals surface area contributed by atoms with Gasteiger partial charge in [0.2, 0.25) is 0 Å². The molecule has 76 valence electrons. The summed E-state index contributed by atoms with van der Waals surface area (Å²) in [5, 5.41) is 0.116. The monoisotopic (exact) mass is 234 g/mol. The van der Waals surface area contributed by atoms with Gasteiger partial charge in [0.05, 0.1) is 10.0 Å². The summed E-state index contributed by atoms with van der Waals surface area (Å²) >= 11 is 11.3. The van der Waals surface area contributed by atoms with Crippen LogP contribution in [0.15, 0.2) is 12.1 Å². The fourth-order valence-corrected chi connectivity index (χ4v) is 1.50. The van der Waals surface area contributed by atoms with Crippen LogP contribution >= 0.6 is 23.2 Å². The maximum absolute atomic E-state index is 13.0. The SMILES string of the molecule is CC(C)C(=O)c1cc(F)c(Cl)cc1Cl. The lowest BCUT2D eigenvalue weighted by atomic mass is 10.0. The molecule has 0 saturated heterocycles. The van der Waals surface area contributed by atoms with Crippen LogP contribution in [0.4, 0.5) is 4.39 Å². The molecule has 0 spiro atoms. The third-order valence-electron chi connectivity index (χ3n) is 1.80. The summed E-state index contributed by atoms with van der Waals surface area (Å²) < 4.78 is 13.0. The third-order valence-corrected chi connectivity index (χ3v) is 2.40. The summed E-state index contributed by atoms with van der Waals surface area (Å²) in [7, 11) is 0. The van der Waals surface area contributed by atoms with Crippen LogP contribution in [0.2, 0.25) is 10.0 Å². The minimum absolute atomic E-state index is 0.0738. The first-order valence-electron chi connectivity index (χ1n) is 4.12. The maximum Gasteiger partial charge on any atom is 0.166 e. The van der Waals surface area contributed by atoms with E-state index in [1.165, 1.54) is 6.07 Å². The van der Waals surface area contributed by atoms with E-state index in [4.69, 9.17) is 23.2 Å². The molecular weight excluding hydrogens is 226 g/mol. The van der Waals surface area contributed by atoms with Gasteiger partial charge in [-0.15, -0.1) is 0 Å². The van der Waals surface area contributed by atoms with Crippen molar-refractivity contribution in [3.8, 4) is 0 Å². The molecule has 0 aliphatic heterocycles. The van der Waals surface area contributed by atoms with Gasteiger partial charge in [-0.1, -0.05) is 37.0 Å². The largest absolute Gasteiger partial charge is 0.294 e. The van der Waals surface area contributed by atoms with Crippen molar-refractivity contribution in [3.63, 3.8) is 0 Å². The summed E-state index contributed by atoms with van der Waals surface area (Å²) in [6.45, 7) is 3.45. The molecule has 4 heteroatoms. The molecule has 0 heterocycles. The molecule has 1 aromatic carbocycles. The molecule has 1 rings (SSSR count). The van der Waals surface area contributed by atoms with Crippen LogP contribution in [0.3, 0.4) is 0 Å². The van der Waals surface area contributed by atoms with Crippen molar-refractivity contribution in [3.05, 3.63) is 33.6 Å². The number of rotatable bonds is 2. The predicted molar refractivity (Wildman–Crippen MR) is 55.6 cm³/mol. The lowest BCUT2D eigenvalue weighted by molar-refractivity contribution is 0.0939. The van der Waals surface area contributed by atoms with Gasteiger partial charge in [0.25, 0.3) is 0 Å². The Hall–Kier alpha value is -0.600. The van der Waals surface area contributed by atoms with Gasteiger partial charge >= 0.3 is 0 Å². The smallest absolute Gasteiger partial charge is 0.166 e. The van der Waals surface area contributed by atoms with E-state index in [2.05, 4.69) is 0 Å². The Morgan fingerprint density at radius 1 is 1.29 bits per heavy atom. The van der Waals surface area contributed by atoms with Crippen LogP contribution in [0.5, 0.6) is 0 Å². The quantitative estimate of drug-likeness (QED) is 0.559. The topological polar surface area (TPSA) is 17.1 Å². The molecule has 0 aliphatic rings. The van der Waals surface area contributed by atoms with Crippen molar-refractivity contribution in [1.82, 2.24) is 0 Å². The molecule has 0 saturated carbocycles. The van der Waals surface area contributed by atoms with E-state index in [9.17, 15) is 9.18 Å². The average molecular weight is 235 g/mol. The summed E-state index contributed by atoms with van der Waals surface area (Å²) in [5.74, 6) is -1.03. The highest BCUT2D eigenvalue weighted by Gasteiger charge is 2.16. The van der Waals surface area contributed by atoms with E-state index < -0.39 is 5.82 Å². The number of hydrogen-bond donors (Lipinski definition) is 0. The highest BCUT2D eigenvalue weighted by atomic mass is 35.5. The summed E-state index contributed by atoms with van der Waals surface area (Å²) in [6, 6.07) is 2.32. The zero-order valence-electron chi connectivity index (χ0n) is 7.77. The first-order valence-corrected chi connectivity index (χ1v) is 4.88. The van der Waals surface area contributed by atoms with Gasteiger partial charge in [-0.25, -0.2) is 4.39 Å². The Kier molecular flexibility index (Phi) is 3.51. The lowest BCUT2D eigenvalue weighted by Crippen LogP contribution is -2.08. The minimum atomic E-state index is -0.625. The van der Waals surface area contributed by atoms with Gasteiger partial charge in [-0.05, 0) is 12.1 Å². The van der Waals surface area contributed by atoms with Crippen LogP contribution < -0.4 is 0 Å². The zero-order chi connectivity index (χ0) is 10.9. The number of carbonyl (C=O) groups excluding carboxylic acids is 1. The van der Waals surface area contributed by atoms with E-state index >= 15 is 0 Å². The molecule has 0 unspecified atom stereocenters. The Labute approximate surface area is 91.8 Å². The van der Waals surface area contributed by atoms with Gasteiger partial charge in [0.15, 0.2) is 5.78 Å². The fourth-order valence-electron chi connectivity index (χ4n) is 1.02. The first-order chi connectivity index (χ1) is 6.43. The summed E-state index contributed by atoms with van der Waals surface area (Å²) in [4.78, 5) is 11.5. The normalized spacial score (nSPS) is 10.7. The number of benzene rings is 1. The molecule has 0 amide bonds. The number of hydrogen-bond acceptors (Lipinski definition) is 1. The van der Waals surface area contributed by atoms with Gasteiger partial charge < -0.3 is 0 Å². The van der Waals surface area contributed by atoms with E-state index in [1.807, 2.05) is 0 Å². The van der Waals surface area contributed by atoms with Crippen LogP contribution in [0.1, 0.15) is 24.2 Å². The van der Waals surface area contributed by atoms with Gasteiger partial charge in [0.1, 0.15) is 5.82 Å². The second-order valence-corrected chi connectivity index (χ2v) is 4.08. The van der Waals surface area contributed by atoms with E-state index in [0.29, 0.717) is 0 Å². The Morgan fingerprint density at radius 2 is 1.86 bits per heavy atom. The molecule has 0 fully saturated rings. The van der Waals surface area contributed by atoms with E-state index in [0.717, 1.165) is 6.07 Å². The highest BCUT2D eigenvalue weighted by molar-refractivity contribution is 6.37. The average Bonchev–Trinajstić information content (AvgIpc) is 2.10. The fraction of sp³-hybridized carbons (Fsp3) is 0.300. The van der Waals surface area contributed by atoms with Crippen molar-refractivity contribution in [2.75, 3.05) is 0 Å². The van der Waals surface area contributed by atoms with Crippen molar-refractivity contribution < 1.29 is 9.18 Å². The molecule has 1 aromatic rings. The Balaban J connectivity index is 3.22. The molecule has 0 radical (unpaired) electrons.